The predicted octanol–water partition coefficient (Wildman–Crippen LogP) is 1.61. The topological polar surface area (TPSA) is 55.6 Å². The number of likely N-dealkylation sites (tertiary alicyclic amines) is 1. The summed E-state index contributed by atoms with van der Waals surface area (Å²) in [5.41, 5.74) is 5.21. The molecule has 0 spiro atoms. The first-order chi connectivity index (χ1) is 7.79. The lowest BCUT2D eigenvalue weighted by molar-refractivity contribution is -0.126. The van der Waals surface area contributed by atoms with Crippen LogP contribution in [0.5, 0.6) is 0 Å². The van der Waals surface area contributed by atoms with Crippen molar-refractivity contribution in [2.75, 3.05) is 0 Å². The molecule has 1 saturated carbocycles. The van der Waals surface area contributed by atoms with Gasteiger partial charge in [0.25, 0.3) is 0 Å². The average Bonchev–Trinajstić information content (AvgIpc) is 2.72. The van der Waals surface area contributed by atoms with Crippen molar-refractivity contribution in [1.82, 2.24) is 4.90 Å². The molecule has 3 atom stereocenters. The van der Waals surface area contributed by atoms with Gasteiger partial charge in [-0.3, -0.25) is 4.79 Å². The van der Waals surface area contributed by atoms with Gasteiger partial charge in [0.15, 0.2) is 5.88 Å². The Bertz CT molecular complexity index is 346. The Morgan fingerprint density at radius 3 is 2.59 bits per heavy atom. The van der Waals surface area contributed by atoms with E-state index in [2.05, 4.69) is 6.58 Å². The van der Waals surface area contributed by atoms with E-state index in [0.29, 0.717) is 17.8 Å². The Hall–Kier alpha value is -1.19. The highest BCUT2D eigenvalue weighted by Crippen LogP contribution is 2.44. The lowest BCUT2D eigenvalue weighted by Gasteiger charge is -2.38. The molecule has 0 aromatic carbocycles. The standard InChI is InChI=1S/C13H22N2O2/c1-8(17-13(2,3)4)15-10-6-5-9(7-10)11(15)12(14)16/h9-11H,1,5-7H2,2-4H3,(H2,14,16)/t9-,10+,11-/m0/s1. The van der Waals surface area contributed by atoms with Crippen LogP contribution >= 0.6 is 0 Å². The van der Waals surface area contributed by atoms with Gasteiger partial charge < -0.3 is 15.4 Å². The van der Waals surface area contributed by atoms with E-state index in [-0.39, 0.29) is 17.6 Å². The third-order valence-electron chi connectivity index (χ3n) is 3.59. The van der Waals surface area contributed by atoms with E-state index in [9.17, 15) is 4.79 Å². The highest BCUT2D eigenvalue weighted by molar-refractivity contribution is 5.81. The largest absolute Gasteiger partial charge is 0.474 e. The maximum Gasteiger partial charge on any atom is 0.240 e. The van der Waals surface area contributed by atoms with Crippen LogP contribution in [0.25, 0.3) is 0 Å². The fourth-order valence-electron chi connectivity index (χ4n) is 3.12. The second-order valence-corrected chi connectivity index (χ2v) is 6.09. The van der Waals surface area contributed by atoms with E-state index < -0.39 is 0 Å². The minimum absolute atomic E-state index is 0.219. The Balaban J connectivity index is 2.14. The lowest BCUT2D eigenvalue weighted by Crippen LogP contribution is -2.49. The number of fused-ring (bicyclic) bond motifs is 2. The summed E-state index contributed by atoms with van der Waals surface area (Å²) < 4.78 is 5.78. The van der Waals surface area contributed by atoms with Crippen LogP contribution in [0.3, 0.4) is 0 Å². The monoisotopic (exact) mass is 238 g/mol. The quantitative estimate of drug-likeness (QED) is 0.760. The Kier molecular flexibility index (Phi) is 2.84. The highest BCUT2D eigenvalue weighted by Gasteiger charge is 2.49. The number of rotatable bonds is 3. The molecule has 0 aromatic rings. The first-order valence-electron chi connectivity index (χ1n) is 6.25. The van der Waals surface area contributed by atoms with Crippen LogP contribution in [-0.4, -0.2) is 28.5 Å². The zero-order valence-corrected chi connectivity index (χ0v) is 10.9. The van der Waals surface area contributed by atoms with Gasteiger partial charge in [-0.2, -0.15) is 0 Å². The lowest BCUT2D eigenvalue weighted by atomic mass is 9.98. The van der Waals surface area contributed by atoms with Gasteiger partial charge in [0.2, 0.25) is 5.91 Å². The molecule has 2 fully saturated rings. The number of piperidine rings is 1. The third-order valence-corrected chi connectivity index (χ3v) is 3.59. The third kappa shape index (κ3) is 2.26. The molecule has 0 unspecified atom stereocenters. The first-order valence-corrected chi connectivity index (χ1v) is 6.25. The van der Waals surface area contributed by atoms with Gasteiger partial charge in [-0.15, -0.1) is 0 Å². The van der Waals surface area contributed by atoms with E-state index in [1.54, 1.807) is 0 Å². The molecule has 96 valence electrons. The zero-order chi connectivity index (χ0) is 12.8. The average molecular weight is 238 g/mol. The molecule has 2 bridgehead atoms. The van der Waals surface area contributed by atoms with Crippen LogP contribution in [-0.2, 0) is 9.53 Å². The van der Waals surface area contributed by atoms with Gasteiger partial charge in [-0.25, -0.2) is 0 Å². The summed E-state index contributed by atoms with van der Waals surface area (Å²) in [7, 11) is 0. The Labute approximate surface area is 103 Å². The Morgan fingerprint density at radius 2 is 2.06 bits per heavy atom. The number of carbonyl (C=O) groups excluding carboxylic acids is 1. The van der Waals surface area contributed by atoms with Crippen LogP contribution in [0, 0.1) is 5.92 Å². The number of hydrogen-bond donors (Lipinski definition) is 1. The zero-order valence-electron chi connectivity index (χ0n) is 10.9. The van der Waals surface area contributed by atoms with Gasteiger partial charge >= 0.3 is 0 Å². The molecule has 4 heteroatoms. The van der Waals surface area contributed by atoms with E-state index in [1.807, 2.05) is 25.7 Å². The van der Waals surface area contributed by atoms with Crippen LogP contribution in [0.4, 0.5) is 0 Å². The fraction of sp³-hybridized carbons (Fsp3) is 0.769. The molecular weight excluding hydrogens is 216 g/mol. The van der Waals surface area contributed by atoms with E-state index in [0.717, 1.165) is 19.3 Å². The summed E-state index contributed by atoms with van der Waals surface area (Å²) >= 11 is 0. The molecule has 4 nitrogen and oxygen atoms in total. The number of amides is 1. The van der Waals surface area contributed by atoms with Crippen LogP contribution in [0.2, 0.25) is 0 Å². The predicted molar refractivity (Wildman–Crippen MR) is 65.9 cm³/mol. The minimum atomic E-state index is -0.291. The van der Waals surface area contributed by atoms with Crippen molar-refractivity contribution in [3.05, 3.63) is 12.5 Å². The van der Waals surface area contributed by atoms with Crippen molar-refractivity contribution in [2.45, 2.75) is 57.7 Å². The van der Waals surface area contributed by atoms with Crippen molar-refractivity contribution in [3.8, 4) is 0 Å². The highest BCUT2D eigenvalue weighted by atomic mass is 16.5. The molecule has 1 saturated heterocycles. The van der Waals surface area contributed by atoms with Crippen molar-refractivity contribution >= 4 is 5.91 Å². The maximum atomic E-state index is 11.6. The van der Waals surface area contributed by atoms with Gasteiger partial charge in [-0.1, -0.05) is 0 Å². The number of nitrogens with zero attached hydrogens (tertiary/aromatic N) is 1. The number of nitrogens with two attached hydrogens (primary N) is 1. The van der Waals surface area contributed by atoms with E-state index >= 15 is 0 Å². The van der Waals surface area contributed by atoms with E-state index in [1.165, 1.54) is 0 Å². The van der Waals surface area contributed by atoms with Gasteiger partial charge in [0, 0.05) is 6.04 Å². The molecule has 1 amide bonds. The van der Waals surface area contributed by atoms with E-state index in [4.69, 9.17) is 10.5 Å². The van der Waals surface area contributed by atoms with Crippen molar-refractivity contribution in [3.63, 3.8) is 0 Å². The number of primary amides is 1. The molecule has 2 N–H and O–H groups in total. The van der Waals surface area contributed by atoms with Crippen molar-refractivity contribution in [1.29, 1.82) is 0 Å². The number of ether oxygens (including phenoxy) is 1. The number of hydrogen-bond acceptors (Lipinski definition) is 3. The SMILES string of the molecule is C=C(OC(C)(C)C)N1[C@@H]2CC[C@@H](C2)[C@H]1C(N)=O. The molecule has 17 heavy (non-hydrogen) atoms. The molecule has 1 aliphatic heterocycles. The summed E-state index contributed by atoms with van der Waals surface area (Å²) in [4.78, 5) is 13.6. The number of carbonyl (C=O) groups is 1. The normalized spacial score (nSPS) is 31.7. The van der Waals surface area contributed by atoms with Crippen LogP contribution < -0.4 is 5.73 Å². The summed E-state index contributed by atoms with van der Waals surface area (Å²) in [6.07, 6.45) is 3.25. The Morgan fingerprint density at radius 1 is 1.41 bits per heavy atom. The molecule has 2 rings (SSSR count). The summed E-state index contributed by atoms with van der Waals surface area (Å²) in [6, 6.07) is 0.163. The van der Waals surface area contributed by atoms with Gasteiger partial charge in [0.05, 0.1) is 0 Å². The molecule has 2 aliphatic rings. The molecule has 0 radical (unpaired) electrons. The van der Waals surface area contributed by atoms with Crippen LogP contribution in [0.1, 0.15) is 40.0 Å². The van der Waals surface area contributed by atoms with Gasteiger partial charge in [-0.05, 0) is 52.5 Å². The van der Waals surface area contributed by atoms with Crippen molar-refractivity contribution in [2.24, 2.45) is 11.7 Å². The van der Waals surface area contributed by atoms with Crippen LogP contribution in [0.15, 0.2) is 12.5 Å². The molecule has 1 aliphatic carbocycles. The molecule has 0 aromatic heterocycles. The summed E-state index contributed by atoms with van der Waals surface area (Å²) in [5, 5.41) is 0. The maximum absolute atomic E-state index is 11.6. The second kappa shape index (κ2) is 3.93. The van der Waals surface area contributed by atoms with Crippen molar-refractivity contribution < 1.29 is 9.53 Å². The minimum Gasteiger partial charge on any atom is -0.474 e. The summed E-state index contributed by atoms with van der Waals surface area (Å²) in [5.74, 6) is 0.724. The first kappa shape index (κ1) is 12.3. The fourth-order valence-corrected chi connectivity index (χ4v) is 3.12. The molecule has 1 heterocycles. The second-order valence-electron chi connectivity index (χ2n) is 6.09. The summed E-state index contributed by atoms with van der Waals surface area (Å²) in [6.45, 7) is 9.90. The smallest absolute Gasteiger partial charge is 0.240 e. The van der Waals surface area contributed by atoms with Gasteiger partial charge in [0.1, 0.15) is 11.6 Å². The molecular formula is C13H22N2O2.